The average molecular weight is 410 g/mol. The van der Waals surface area contributed by atoms with Crippen LogP contribution >= 0.6 is 0 Å². The lowest BCUT2D eigenvalue weighted by Gasteiger charge is -2.15. The Morgan fingerprint density at radius 3 is 2.54 bits per heavy atom. The van der Waals surface area contributed by atoms with Gasteiger partial charge in [0, 0.05) is 38.2 Å². The molecule has 0 atom stereocenters. The first-order valence-electron chi connectivity index (χ1n) is 9.79. The average Bonchev–Trinajstić information content (AvgIpc) is 3.32. The summed E-state index contributed by atoms with van der Waals surface area (Å²) in [6.45, 7) is 5.22. The number of benzene rings is 1. The number of carbonyl (C=O) groups excluding carboxylic acids is 1. The summed E-state index contributed by atoms with van der Waals surface area (Å²) in [6.07, 6.45) is 3.56. The summed E-state index contributed by atoms with van der Waals surface area (Å²) < 4.78 is 33.4. The van der Waals surface area contributed by atoms with Crippen molar-refractivity contribution in [2.45, 2.75) is 63.4 Å². The molecule has 1 aliphatic rings. The molecule has 154 valence electrons. The molecule has 3 rings (SSSR count). The monoisotopic (exact) mass is 409 g/mol. The molecule has 1 N–H and O–H groups in total. The maximum absolute atomic E-state index is 12.7. The summed E-state index contributed by atoms with van der Waals surface area (Å²) in [4.78, 5) is 24.4. The second-order valence-electron chi connectivity index (χ2n) is 7.09. The lowest BCUT2D eigenvalue weighted by Crippen LogP contribution is -2.34. The van der Waals surface area contributed by atoms with Crippen LogP contribution in [0.4, 0.5) is 0 Å². The maximum Gasteiger partial charge on any atom is 0.419 e. The zero-order valence-electron chi connectivity index (χ0n) is 16.3. The standard InChI is InChI=1S/C19H27N3O5S/c1-3-14(4-2)20-18(23)9-12-22-16-8-7-15(13-17(16)27-19(22)24)28(25,26)21-10-5-6-11-21/h7-8,13-14H,3-6,9-12H2,1-2H3,(H,20,23). The molecule has 1 aromatic heterocycles. The Labute approximate surface area is 164 Å². The Kier molecular flexibility index (Phi) is 6.24. The van der Waals surface area contributed by atoms with E-state index in [-0.39, 0.29) is 35.4 Å². The number of aromatic nitrogens is 1. The molecule has 2 heterocycles. The van der Waals surface area contributed by atoms with Gasteiger partial charge in [-0.2, -0.15) is 4.31 Å². The van der Waals surface area contributed by atoms with E-state index < -0.39 is 15.8 Å². The van der Waals surface area contributed by atoms with E-state index in [1.54, 1.807) is 6.07 Å². The highest BCUT2D eigenvalue weighted by Gasteiger charge is 2.28. The fraction of sp³-hybridized carbons (Fsp3) is 0.579. The molecule has 8 nitrogen and oxygen atoms in total. The van der Waals surface area contributed by atoms with Crippen molar-refractivity contribution in [1.82, 2.24) is 14.2 Å². The third-order valence-electron chi connectivity index (χ3n) is 5.26. The van der Waals surface area contributed by atoms with Crippen LogP contribution in [0.1, 0.15) is 46.0 Å². The van der Waals surface area contributed by atoms with Crippen LogP contribution in [0.2, 0.25) is 0 Å². The van der Waals surface area contributed by atoms with E-state index in [0.717, 1.165) is 25.7 Å². The maximum atomic E-state index is 12.7. The lowest BCUT2D eigenvalue weighted by atomic mass is 10.1. The van der Waals surface area contributed by atoms with E-state index in [1.807, 2.05) is 13.8 Å². The molecule has 1 aliphatic heterocycles. The number of amides is 1. The van der Waals surface area contributed by atoms with Crippen LogP contribution in [0.25, 0.3) is 11.1 Å². The molecule has 0 saturated carbocycles. The number of nitrogens with zero attached hydrogens (tertiary/aromatic N) is 2. The second kappa shape index (κ2) is 8.48. The minimum absolute atomic E-state index is 0.120. The third kappa shape index (κ3) is 4.15. The number of fused-ring (bicyclic) bond motifs is 1. The molecule has 1 aromatic carbocycles. The first-order chi connectivity index (χ1) is 13.4. The molecule has 0 bridgehead atoms. The second-order valence-corrected chi connectivity index (χ2v) is 9.03. The van der Waals surface area contributed by atoms with Gasteiger partial charge in [0.15, 0.2) is 5.58 Å². The van der Waals surface area contributed by atoms with Crippen LogP contribution < -0.4 is 11.1 Å². The Morgan fingerprint density at radius 2 is 1.89 bits per heavy atom. The number of aryl methyl sites for hydroxylation is 1. The van der Waals surface area contributed by atoms with Crippen molar-refractivity contribution < 1.29 is 17.6 Å². The van der Waals surface area contributed by atoms with Crippen LogP contribution in [0.3, 0.4) is 0 Å². The largest absolute Gasteiger partial charge is 0.419 e. The quantitative estimate of drug-likeness (QED) is 0.719. The Hall–Kier alpha value is -2.13. The van der Waals surface area contributed by atoms with Gasteiger partial charge in [0.25, 0.3) is 0 Å². The molecule has 1 saturated heterocycles. The van der Waals surface area contributed by atoms with Gasteiger partial charge in [-0.15, -0.1) is 0 Å². The van der Waals surface area contributed by atoms with Crippen molar-refractivity contribution in [3.8, 4) is 0 Å². The van der Waals surface area contributed by atoms with Crippen molar-refractivity contribution in [2.75, 3.05) is 13.1 Å². The predicted molar refractivity (Wildman–Crippen MR) is 106 cm³/mol. The summed E-state index contributed by atoms with van der Waals surface area (Å²) in [5, 5.41) is 2.94. The van der Waals surface area contributed by atoms with Crippen molar-refractivity contribution in [1.29, 1.82) is 0 Å². The summed E-state index contributed by atoms with van der Waals surface area (Å²) >= 11 is 0. The van der Waals surface area contributed by atoms with Gasteiger partial charge in [-0.1, -0.05) is 13.8 Å². The third-order valence-corrected chi connectivity index (χ3v) is 7.15. The van der Waals surface area contributed by atoms with Crippen LogP contribution in [-0.4, -0.2) is 42.3 Å². The van der Waals surface area contributed by atoms with Crippen LogP contribution in [0, 0.1) is 0 Å². The first-order valence-corrected chi connectivity index (χ1v) is 11.2. The van der Waals surface area contributed by atoms with E-state index in [0.29, 0.717) is 18.6 Å². The summed E-state index contributed by atoms with van der Waals surface area (Å²) in [5.41, 5.74) is 0.700. The zero-order valence-corrected chi connectivity index (χ0v) is 17.1. The van der Waals surface area contributed by atoms with Gasteiger partial charge in [0.05, 0.1) is 10.4 Å². The van der Waals surface area contributed by atoms with Crippen molar-refractivity contribution in [2.24, 2.45) is 0 Å². The molecule has 28 heavy (non-hydrogen) atoms. The van der Waals surface area contributed by atoms with E-state index in [4.69, 9.17) is 4.42 Å². The van der Waals surface area contributed by atoms with E-state index in [9.17, 15) is 18.0 Å². The van der Waals surface area contributed by atoms with Gasteiger partial charge in [-0.05, 0) is 37.8 Å². The van der Waals surface area contributed by atoms with Crippen molar-refractivity contribution in [3.63, 3.8) is 0 Å². The van der Waals surface area contributed by atoms with Gasteiger partial charge in [-0.3, -0.25) is 9.36 Å². The van der Waals surface area contributed by atoms with Crippen LogP contribution in [0.5, 0.6) is 0 Å². The number of rotatable bonds is 8. The molecule has 1 amide bonds. The first kappa shape index (κ1) is 20.6. The Morgan fingerprint density at radius 1 is 1.21 bits per heavy atom. The molecule has 0 spiro atoms. The molecular weight excluding hydrogens is 382 g/mol. The topological polar surface area (TPSA) is 102 Å². The Bertz CT molecular complexity index is 998. The van der Waals surface area contributed by atoms with Crippen LogP contribution in [-0.2, 0) is 21.4 Å². The van der Waals surface area contributed by atoms with Crippen molar-refractivity contribution >= 4 is 27.0 Å². The summed E-state index contributed by atoms with van der Waals surface area (Å²) in [5.74, 6) is -0.718. The molecule has 2 aromatic rings. The van der Waals surface area contributed by atoms with Crippen molar-refractivity contribution in [3.05, 3.63) is 28.7 Å². The van der Waals surface area contributed by atoms with Gasteiger partial charge in [0.1, 0.15) is 0 Å². The number of hydrogen-bond donors (Lipinski definition) is 1. The zero-order chi connectivity index (χ0) is 20.3. The van der Waals surface area contributed by atoms with E-state index in [1.165, 1.54) is 21.0 Å². The van der Waals surface area contributed by atoms with Gasteiger partial charge >= 0.3 is 5.76 Å². The molecule has 9 heteroatoms. The highest BCUT2D eigenvalue weighted by molar-refractivity contribution is 7.89. The normalized spacial score (nSPS) is 15.5. The van der Waals surface area contributed by atoms with Gasteiger partial charge in [0.2, 0.25) is 15.9 Å². The number of oxazole rings is 1. The van der Waals surface area contributed by atoms with Crippen LogP contribution in [0.15, 0.2) is 32.3 Å². The fourth-order valence-corrected chi connectivity index (χ4v) is 5.04. The molecular formula is C19H27N3O5S. The smallest absolute Gasteiger partial charge is 0.408 e. The summed E-state index contributed by atoms with van der Waals surface area (Å²) in [6, 6.07) is 4.59. The Balaban J connectivity index is 1.79. The van der Waals surface area contributed by atoms with E-state index in [2.05, 4.69) is 5.32 Å². The number of carbonyl (C=O) groups is 1. The van der Waals surface area contributed by atoms with E-state index >= 15 is 0 Å². The van der Waals surface area contributed by atoms with Gasteiger partial charge < -0.3 is 9.73 Å². The highest BCUT2D eigenvalue weighted by Crippen LogP contribution is 2.24. The number of nitrogens with one attached hydrogen (secondary N) is 1. The fourth-order valence-electron chi connectivity index (χ4n) is 3.50. The SMILES string of the molecule is CCC(CC)NC(=O)CCn1c(=O)oc2cc(S(=O)(=O)N3CCCC3)ccc21. The minimum atomic E-state index is -3.58. The predicted octanol–water partition coefficient (Wildman–Crippen LogP) is 2.07. The number of sulfonamides is 1. The lowest BCUT2D eigenvalue weighted by molar-refractivity contribution is -0.122. The molecule has 1 fully saturated rings. The molecule has 0 unspecified atom stereocenters. The highest BCUT2D eigenvalue weighted by atomic mass is 32.2. The molecule has 0 aliphatic carbocycles. The van der Waals surface area contributed by atoms with Gasteiger partial charge in [-0.25, -0.2) is 13.2 Å². The minimum Gasteiger partial charge on any atom is -0.408 e. The number of hydrogen-bond acceptors (Lipinski definition) is 5. The summed E-state index contributed by atoms with van der Waals surface area (Å²) in [7, 11) is -3.58. The molecule has 0 radical (unpaired) electrons.